The van der Waals surface area contributed by atoms with Gasteiger partial charge in [0.05, 0.1) is 28.6 Å². The molecule has 0 aliphatic carbocycles. The fraction of sp³-hybridized carbons (Fsp3) is 0.125. The van der Waals surface area contributed by atoms with Gasteiger partial charge < -0.3 is 4.74 Å². The van der Waals surface area contributed by atoms with Crippen LogP contribution in [-0.2, 0) is 16.6 Å². The Morgan fingerprint density at radius 1 is 0.939 bits per heavy atom. The predicted octanol–water partition coefficient (Wildman–Crippen LogP) is 6.45. The highest BCUT2D eigenvalue weighted by atomic mass is 35.5. The number of para-hydroxylation sites is 1. The Labute approximate surface area is 202 Å². The zero-order valence-corrected chi connectivity index (χ0v) is 20.2. The van der Waals surface area contributed by atoms with Gasteiger partial charge in [0.2, 0.25) is 0 Å². The summed E-state index contributed by atoms with van der Waals surface area (Å²) in [6, 6.07) is 21.5. The van der Waals surface area contributed by atoms with E-state index in [9.17, 15) is 8.42 Å². The van der Waals surface area contributed by atoms with E-state index in [2.05, 4.69) is 9.82 Å². The highest BCUT2D eigenvalue weighted by molar-refractivity contribution is 7.92. The van der Waals surface area contributed by atoms with Crippen LogP contribution in [0.25, 0.3) is 0 Å². The Kier molecular flexibility index (Phi) is 6.65. The number of benzene rings is 3. The van der Waals surface area contributed by atoms with Crippen LogP contribution in [0, 0.1) is 13.8 Å². The van der Waals surface area contributed by atoms with Gasteiger partial charge in [0.1, 0.15) is 16.4 Å². The number of anilines is 1. The molecule has 0 bridgehead atoms. The third-order valence-corrected chi connectivity index (χ3v) is 7.08. The predicted molar refractivity (Wildman–Crippen MR) is 131 cm³/mol. The number of ether oxygens (including phenoxy) is 1. The van der Waals surface area contributed by atoms with Crippen molar-refractivity contribution in [2.45, 2.75) is 25.3 Å². The Morgan fingerprint density at radius 2 is 1.67 bits per heavy atom. The van der Waals surface area contributed by atoms with E-state index in [4.69, 9.17) is 27.9 Å². The first-order valence-electron chi connectivity index (χ1n) is 10.1. The molecule has 0 fully saturated rings. The fourth-order valence-electron chi connectivity index (χ4n) is 3.38. The molecule has 0 saturated carbocycles. The summed E-state index contributed by atoms with van der Waals surface area (Å²) >= 11 is 12.1. The third-order valence-electron chi connectivity index (χ3n) is 5.01. The molecule has 170 valence electrons. The molecule has 4 aromatic rings. The number of hydrogen-bond donors (Lipinski definition) is 1. The standard InChI is InChI=1S/C24H21Cl2N3O3S/c1-16-24(28-33(30,31)23-14-19(25)11-12-22(23)26)17(2)29(27-16)15-18-7-6-10-21(13-18)32-20-8-4-3-5-9-20/h3-14,28H,15H2,1-2H3. The van der Waals surface area contributed by atoms with Gasteiger partial charge in [0.15, 0.2) is 0 Å². The van der Waals surface area contributed by atoms with Crippen LogP contribution < -0.4 is 9.46 Å². The van der Waals surface area contributed by atoms with Crippen LogP contribution >= 0.6 is 23.2 Å². The maximum atomic E-state index is 13.0. The molecule has 6 nitrogen and oxygen atoms in total. The molecule has 1 aromatic heterocycles. The van der Waals surface area contributed by atoms with Crippen LogP contribution in [0.15, 0.2) is 77.7 Å². The van der Waals surface area contributed by atoms with Gasteiger partial charge in [-0.1, -0.05) is 53.5 Å². The summed E-state index contributed by atoms with van der Waals surface area (Å²) in [5, 5.41) is 4.89. The van der Waals surface area contributed by atoms with Gasteiger partial charge in [-0.15, -0.1) is 0 Å². The number of aryl methyl sites for hydroxylation is 1. The molecule has 0 aliphatic heterocycles. The van der Waals surface area contributed by atoms with Crippen molar-refractivity contribution < 1.29 is 13.2 Å². The molecular weight excluding hydrogens is 481 g/mol. The van der Waals surface area contributed by atoms with Crippen molar-refractivity contribution in [2.24, 2.45) is 0 Å². The van der Waals surface area contributed by atoms with Gasteiger partial charge in [-0.3, -0.25) is 9.40 Å². The number of rotatable bonds is 7. The molecule has 9 heteroatoms. The first-order valence-corrected chi connectivity index (χ1v) is 12.3. The van der Waals surface area contributed by atoms with E-state index >= 15 is 0 Å². The van der Waals surface area contributed by atoms with Crippen molar-refractivity contribution in [1.82, 2.24) is 9.78 Å². The number of sulfonamides is 1. The second-order valence-corrected chi connectivity index (χ2v) is 9.94. The molecule has 4 rings (SSSR count). The van der Waals surface area contributed by atoms with Crippen LogP contribution in [0.2, 0.25) is 10.0 Å². The van der Waals surface area contributed by atoms with Crippen molar-refractivity contribution in [3.63, 3.8) is 0 Å². The molecule has 0 unspecified atom stereocenters. The van der Waals surface area contributed by atoms with Crippen molar-refractivity contribution >= 4 is 38.9 Å². The van der Waals surface area contributed by atoms with Gasteiger partial charge in [-0.2, -0.15) is 5.10 Å². The quantitative estimate of drug-likeness (QED) is 0.315. The normalized spacial score (nSPS) is 11.4. The van der Waals surface area contributed by atoms with Crippen molar-refractivity contribution in [1.29, 1.82) is 0 Å². The first-order chi connectivity index (χ1) is 15.7. The summed E-state index contributed by atoms with van der Waals surface area (Å²) in [4.78, 5) is -0.0889. The zero-order valence-electron chi connectivity index (χ0n) is 17.9. The minimum absolute atomic E-state index is 0.0878. The van der Waals surface area contributed by atoms with Crippen molar-refractivity contribution in [3.8, 4) is 11.5 Å². The molecule has 0 saturated heterocycles. The number of nitrogens with one attached hydrogen (secondary N) is 1. The Balaban J connectivity index is 1.57. The summed E-state index contributed by atoms with van der Waals surface area (Å²) in [5.74, 6) is 1.45. The summed E-state index contributed by atoms with van der Waals surface area (Å²) in [7, 11) is -3.95. The minimum Gasteiger partial charge on any atom is -0.457 e. The molecular formula is C24H21Cl2N3O3S. The monoisotopic (exact) mass is 501 g/mol. The number of aromatic nitrogens is 2. The number of nitrogens with zero attached hydrogens (tertiary/aromatic N) is 2. The minimum atomic E-state index is -3.95. The molecule has 0 spiro atoms. The van der Waals surface area contributed by atoms with E-state index in [1.165, 1.54) is 18.2 Å². The van der Waals surface area contributed by atoms with E-state index in [0.717, 1.165) is 11.3 Å². The van der Waals surface area contributed by atoms with Crippen LogP contribution in [0.3, 0.4) is 0 Å². The van der Waals surface area contributed by atoms with Crippen LogP contribution in [0.4, 0.5) is 5.69 Å². The summed E-state index contributed by atoms with van der Waals surface area (Å²) in [6.07, 6.45) is 0. The molecule has 1 N–H and O–H groups in total. The van der Waals surface area contributed by atoms with E-state index in [0.29, 0.717) is 29.4 Å². The summed E-state index contributed by atoms with van der Waals surface area (Å²) in [5.41, 5.74) is 2.58. The highest BCUT2D eigenvalue weighted by Crippen LogP contribution is 2.29. The lowest BCUT2D eigenvalue weighted by Gasteiger charge is -2.11. The van der Waals surface area contributed by atoms with Gasteiger partial charge in [0.25, 0.3) is 10.0 Å². The van der Waals surface area contributed by atoms with Crippen LogP contribution in [-0.4, -0.2) is 18.2 Å². The molecule has 1 heterocycles. The Morgan fingerprint density at radius 3 is 2.42 bits per heavy atom. The lowest BCUT2D eigenvalue weighted by atomic mass is 10.2. The number of halogens is 2. The SMILES string of the molecule is Cc1nn(Cc2cccc(Oc3ccccc3)c2)c(C)c1NS(=O)(=O)c1cc(Cl)ccc1Cl. The lowest BCUT2D eigenvalue weighted by molar-refractivity contribution is 0.481. The second kappa shape index (κ2) is 9.47. The van der Waals surface area contributed by atoms with Gasteiger partial charge in [0, 0.05) is 5.02 Å². The van der Waals surface area contributed by atoms with Crippen molar-refractivity contribution in [3.05, 3.63) is 99.8 Å². The average molecular weight is 502 g/mol. The maximum Gasteiger partial charge on any atom is 0.263 e. The van der Waals surface area contributed by atoms with Crippen LogP contribution in [0.5, 0.6) is 11.5 Å². The molecule has 3 aromatic carbocycles. The van der Waals surface area contributed by atoms with Crippen molar-refractivity contribution in [2.75, 3.05) is 4.72 Å². The fourth-order valence-corrected chi connectivity index (χ4v) is 5.32. The van der Waals surface area contributed by atoms with E-state index in [1.807, 2.05) is 61.5 Å². The molecule has 0 radical (unpaired) electrons. The Hall–Kier alpha value is -3.00. The van der Waals surface area contributed by atoms with Gasteiger partial charge >= 0.3 is 0 Å². The largest absolute Gasteiger partial charge is 0.457 e. The van der Waals surface area contributed by atoms with Gasteiger partial charge in [-0.05, 0) is 61.9 Å². The van der Waals surface area contributed by atoms with Crippen LogP contribution in [0.1, 0.15) is 17.0 Å². The second-order valence-electron chi connectivity index (χ2n) is 7.45. The molecule has 33 heavy (non-hydrogen) atoms. The summed E-state index contributed by atoms with van der Waals surface area (Å²) in [6.45, 7) is 4.00. The van der Waals surface area contributed by atoms with E-state index in [-0.39, 0.29) is 14.9 Å². The smallest absolute Gasteiger partial charge is 0.263 e. The first kappa shape index (κ1) is 23.2. The third kappa shape index (κ3) is 5.33. The topological polar surface area (TPSA) is 73.2 Å². The van der Waals surface area contributed by atoms with E-state index < -0.39 is 10.0 Å². The van der Waals surface area contributed by atoms with E-state index in [1.54, 1.807) is 11.6 Å². The zero-order chi connectivity index (χ0) is 23.6. The molecule has 0 atom stereocenters. The van der Waals surface area contributed by atoms with Gasteiger partial charge in [-0.25, -0.2) is 8.42 Å². The average Bonchev–Trinajstić information content (AvgIpc) is 3.03. The Bertz CT molecular complexity index is 1400. The molecule has 0 amide bonds. The highest BCUT2D eigenvalue weighted by Gasteiger charge is 2.23. The molecule has 0 aliphatic rings. The maximum absolute atomic E-state index is 13.0. The number of hydrogen-bond acceptors (Lipinski definition) is 4. The summed E-state index contributed by atoms with van der Waals surface area (Å²) < 4.78 is 36.2. The lowest BCUT2D eigenvalue weighted by Crippen LogP contribution is -2.15.